The molecule has 1 aromatic carbocycles. The summed E-state index contributed by atoms with van der Waals surface area (Å²) in [5.41, 5.74) is 6.28. The minimum absolute atomic E-state index is 0.0103. The van der Waals surface area contributed by atoms with Gasteiger partial charge in [-0.1, -0.05) is 18.2 Å². The van der Waals surface area contributed by atoms with Crippen molar-refractivity contribution in [2.75, 3.05) is 23.1 Å². The van der Waals surface area contributed by atoms with Gasteiger partial charge in [0, 0.05) is 41.1 Å². The number of nitrogens with one attached hydrogen (secondary N) is 1. The van der Waals surface area contributed by atoms with Gasteiger partial charge in [-0.25, -0.2) is 19.2 Å². The number of pyridine rings is 1. The van der Waals surface area contributed by atoms with Crippen LogP contribution in [0.3, 0.4) is 0 Å². The van der Waals surface area contributed by atoms with Gasteiger partial charge in [-0.2, -0.15) is 18.2 Å². The number of hydrogen-bond donors (Lipinski definition) is 2. The van der Waals surface area contributed by atoms with Crippen LogP contribution in [0.4, 0.5) is 40.8 Å². The van der Waals surface area contributed by atoms with E-state index in [4.69, 9.17) is 22.1 Å². The molecule has 4 rings (SSSR count). The van der Waals surface area contributed by atoms with Crippen molar-refractivity contribution in [3.63, 3.8) is 0 Å². The number of rotatable bonds is 5. The molecule has 0 saturated heterocycles. The van der Waals surface area contributed by atoms with Crippen LogP contribution in [0.25, 0.3) is 11.1 Å². The average Bonchev–Trinajstić information content (AvgIpc) is 3.23. The van der Waals surface area contributed by atoms with Gasteiger partial charge in [0.25, 0.3) is 0 Å². The first-order valence-electron chi connectivity index (χ1n) is 10.2. The quantitative estimate of drug-likeness (QED) is 0.337. The number of nitrogen functional groups attached to an aromatic ring is 1. The Hall–Kier alpha value is -4.19. The topological polar surface area (TPSA) is 106 Å². The average molecular weight is 521 g/mol. The molecule has 0 fully saturated rings. The molecule has 0 spiro atoms. The van der Waals surface area contributed by atoms with Crippen LogP contribution in [0.1, 0.15) is 10.4 Å². The number of anilines is 4. The molecule has 36 heavy (non-hydrogen) atoms. The van der Waals surface area contributed by atoms with Crippen molar-refractivity contribution in [3.8, 4) is 11.1 Å². The van der Waals surface area contributed by atoms with Crippen molar-refractivity contribution in [1.29, 1.82) is 0 Å². The first-order valence-corrected chi connectivity index (χ1v) is 10.5. The van der Waals surface area contributed by atoms with Crippen LogP contribution in [0.2, 0.25) is 5.02 Å². The summed E-state index contributed by atoms with van der Waals surface area (Å²) in [5, 5.41) is 2.68. The van der Waals surface area contributed by atoms with E-state index in [0.717, 1.165) is 17.0 Å². The van der Waals surface area contributed by atoms with Gasteiger partial charge in [0.15, 0.2) is 0 Å². The molecular formula is C23H17ClF4N6O2. The van der Waals surface area contributed by atoms with Crippen molar-refractivity contribution in [2.24, 2.45) is 5.92 Å². The standard InChI is InChI=1S/C23H17ClF4N6O2/c1-11-16(23(26,27)28)5-6-34(11)20-15(12-7-14(21(35)36-2)19(29)30-9-12)10-31-22(33-20)32-13-3-4-18(25)17(24)8-13/h3-10,16H,1H2,2H3,(H2,29,30)(H,31,32,33). The molecule has 2 aromatic heterocycles. The van der Waals surface area contributed by atoms with E-state index in [-0.39, 0.29) is 45.0 Å². The Morgan fingerprint density at radius 1 is 1.25 bits per heavy atom. The molecule has 3 aromatic rings. The van der Waals surface area contributed by atoms with Gasteiger partial charge in [0.1, 0.15) is 28.9 Å². The normalized spacial score (nSPS) is 15.3. The second kappa shape index (κ2) is 9.46. The molecule has 3 heterocycles. The summed E-state index contributed by atoms with van der Waals surface area (Å²) < 4.78 is 58.7. The van der Waals surface area contributed by atoms with Crippen molar-refractivity contribution in [3.05, 3.63) is 77.6 Å². The highest BCUT2D eigenvalue weighted by molar-refractivity contribution is 6.31. The third-order valence-electron chi connectivity index (χ3n) is 5.26. The lowest BCUT2D eigenvalue weighted by Gasteiger charge is -2.24. The number of nitrogens with two attached hydrogens (primary N) is 1. The number of nitrogens with zero attached hydrogens (tertiary/aromatic N) is 4. The van der Waals surface area contributed by atoms with Crippen LogP contribution in [-0.4, -0.2) is 34.2 Å². The molecule has 1 aliphatic heterocycles. The maximum absolute atomic E-state index is 13.5. The Bertz CT molecular complexity index is 1400. The largest absolute Gasteiger partial charge is 0.465 e. The van der Waals surface area contributed by atoms with E-state index < -0.39 is 23.9 Å². The number of allylic oxidation sites excluding steroid dienone is 1. The minimum atomic E-state index is -4.57. The third-order valence-corrected chi connectivity index (χ3v) is 5.55. The highest BCUT2D eigenvalue weighted by atomic mass is 35.5. The number of hydrogen-bond acceptors (Lipinski definition) is 8. The molecule has 3 N–H and O–H groups in total. The molecule has 0 radical (unpaired) electrons. The fourth-order valence-electron chi connectivity index (χ4n) is 3.45. The molecule has 8 nitrogen and oxygen atoms in total. The van der Waals surface area contributed by atoms with Gasteiger partial charge in [-0.15, -0.1) is 0 Å². The number of alkyl halides is 3. The molecule has 0 saturated carbocycles. The van der Waals surface area contributed by atoms with Gasteiger partial charge >= 0.3 is 12.1 Å². The number of carbonyl (C=O) groups excluding carboxylic acids is 1. The molecule has 0 amide bonds. The summed E-state index contributed by atoms with van der Waals surface area (Å²) in [6.45, 7) is 3.60. The fourth-order valence-corrected chi connectivity index (χ4v) is 3.63. The Kier molecular flexibility index (Phi) is 6.55. The Labute approximate surface area is 207 Å². The third kappa shape index (κ3) is 4.80. The highest BCUT2D eigenvalue weighted by Crippen LogP contribution is 2.42. The van der Waals surface area contributed by atoms with Crippen LogP contribution >= 0.6 is 11.6 Å². The van der Waals surface area contributed by atoms with Gasteiger partial charge in [-0.05, 0) is 30.3 Å². The first-order chi connectivity index (χ1) is 17.0. The van der Waals surface area contributed by atoms with Crippen LogP contribution in [0.15, 0.2) is 61.2 Å². The molecule has 0 bridgehead atoms. The predicted molar refractivity (Wildman–Crippen MR) is 126 cm³/mol. The first kappa shape index (κ1) is 24.9. The van der Waals surface area contributed by atoms with Gasteiger partial charge < -0.3 is 20.7 Å². The second-order valence-electron chi connectivity index (χ2n) is 7.56. The summed E-state index contributed by atoms with van der Waals surface area (Å²) in [6, 6.07) is 5.19. The van der Waals surface area contributed by atoms with Crippen molar-refractivity contribution in [1.82, 2.24) is 15.0 Å². The lowest BCUT2D eigenvalue weighted by molar-refractivity contribution is -0.150. The summed E-state index contributed by atoms with van der Waals surface area (Å²) in [7, 11) is 1.17. The van der Waals surface area contributed by atoms with E-state index in [2.05, 4.69) is 26.8 Å². The van der Waals surface area contributed by atoms with E-state index in [1.165, 1.54) is 43.9 Å². The Morgan fingerprint density at radius 2 is 2.00 bits per heavy atom. The number of methoxy groups -OCH3 is 1. The van der Waals surface area contributed by atoms with Crippen molar-refractivity contribution >= 4 is 40.8 Å². The molecule has 1 aliphatic rings. The number of halogens is 5. The highest BCUT2D eigenvalue weighted by Gasteiger charge is 2.44. The van der Waals surface area contributed by atoms with Crippen molar-refractivity contribution in [2.45, 2.75) is 6.18 Å². The summed E-state index contributed by atoms with van der Waals surface area (Å²) in [5.74, 6) is -3.42. The van der Waals surface area contributed by atoms with Crippen LogP contribution in [-0.2, 0) is 4.74 Å². The number of carbonyl (C=O) groups is 1. The molecule has 13 heteroatoms. The second-order valence-corrected chi connectivity index (χ2v) is 7.96. The summed E-state index contributed by atoms with van der Waals surface area (Å²) in [6.07, 6.45) is 0.216. The maximum Gasteiger partial charge on any atom is 0.400 e. The SMILES string of the molecule is C=C1C(C(F)(F)F)C=CN1c1nc(Nc2ccc(F)c(Cl)c2)ncc1-c1cnc(N)c(C(=O)OC)c1. The zero-order chi connectivity index (χ0) is 26.2. The maximum atomic E-state index is 13.5. The lowest BCUT2D eigenvalue weighted by Crippen LogP contribution is -2.26. The molecule has 0 aliphatic carbocycles. The van der Waals surface area contributed by atoms with Gasteiger partial charge in [0.2, 0.25) is 5.95 Å². The molecule has 1 unspecified atom stereocenters. The van der Waals surface area contributed by atoms with Gasteiger partial charge in [0.05, 0.1) is 12.1 Å². The van der Waals surface area contributed by atoms with E-state index in [0.29, 0.717) is 5.69 Å². The monoisotopic (exact) mass is 520 g/mol. The zero-order valence-corrected chi connectivity index (χ0v) is 19.2. The summed E-state index contributed by atoms with van der Waals surface area (Å²) in [4.78, 5) is 25.8. The van der Waals surface area contributed by atoms with E-state index in [9.17, 15) is 22.4 Å². The zero-order valence-electron chi connectivity index (χ0n) is 18.5. The smallest absolute Gasteiger partial charge is 0.400 e. The molecule has 186 valence electrons. The van der Waals surface area contributed by atoms with Crippen LogP contribution in [0, 0.1) is 11.7 Å². The fraction of sp³-hybridized carbons (Fsp3) is 0.130. The number of ether oxygens (including phenoxy) is 1. The lowest BCUT2D eigenvalue weighted by atomic mass is 10.1. The number of aromatic nitrogens is 3. The van der Waals surface area contributed by atoms with E-state index in [1.54, 1.807) is 0 Å². The van der Waals surface area contributed by atoms with Crippen LogP contribution in [0.5, 0.6) is 0 Å². The van der Waals surface area contributed by atoms with Gasteiger partial charge in [-0.3, -0.25) is 0 Å². The predicted octanol–water partition coefficient (Wildman–Crippen LogP) is 5.47. The molecule has 1 atom stereocenters. The molecular weight excluding hydrogens is 504 g/mol. The van der Waals surface area contributed by atoms with Crippen LogP contribution < -0.4 is 16.0 Å². The minimum Gasteiger partial charge on any atom is -0.465 e. The summed E-state index contributed by atoms with van der Waals surface area (Å²) >= 11 is 5.82. The van der Waals surface area contributed by atoms with E-state index in [1.807, 2.05) is 0 Å². The Morgan fingerprint density at radius 3 is 2.64 bits per heavy atom. The van der Waals surface area contributed by atoms with E-state index >= 15 is 0 Å². The van der Waals surface area contributed by atoms with Crippen molar-refractivity contribution < 1.29 is 27.1 Å². The Balaban J connectivity index is 1.82. The number of esters is 1. The number of benzene rings is 1.